The number of rotatable bonds is 3. The highest BCUT2D eigenvalue weighted by atomic mass is 19.1. The quantitative estimate of drug-likeness (QED) is 0.866. The van der Waals surface area contributed by atoms with Crippen LogP contribution < -0.4 is 10.2 Å². The second-order valence-electron chi connectivity index (χ2n) is 4.36. The maximum Gasteiger partial charge on any atom is 0.126 e. The molecule has 1 aromatic rings. The van der Waals surface area contributed by atoms with Gasteiger partial charge in [0.25, 0.3) is 0 Å². The van der Waals surface area contributed by atoms with Crippen molar-refractivity contribution >= 4 is 5.69 Å². The second-order valence-corrected chi connectivity index (χ2v) is 4.36. The van der Waals surface area contributed by atoms with Gasteiger partial charge in [-0.15, -0.1) is 0 Å². The minimum Gasteiger partial charge on any atom is -0.367 e. The van der Waals surface area contributed by atoms with E-state index in [9.17, 15) is 4.39 Å². The molecule has 0 bridgehead atoms. The van der Waals surface area contributed by atoms with Crippen molar-refractivity contribution in [1.82, 2.24) is 5.32 Å². The molecule has 2 rings (SSSR count). The summed E-state index contributed by atoms with van der Waals surface area (Å²) >= 11 is 0. The van der Waals surface area contributed by atoms with E-state index in [4.69, 9.17) is 5.26 Å². The van der Waals surface area contributed by atoms with E-state index in [0.717, 1.165) is 31.6 Å². The van der Waals surface area contributed by atoms with Crippen LogP contribution in [-0.4, -0.2) is 26.2 Å². The van der Waals surface area contributed by atoms with Crippen LogP contribution in [0.5, 0.6) is 0 Å². The predicted molar refractivity (Wildman–Crippen MR) is 65.4 cm³/mol. The van der Waals surface area contributed by atoms with Gasteiger partial charge >= 0.3 is 0 Å². The Morgan fingerprint density at radius 1 is 1.53 bits per heavy atom. The largest absolute Gasteiger partial charge is 0.367 e. The van der Waals surface area contributed by atoms with Crippen LogP contribution in [-0.2, 0) is 0 Å². The highest BCUT2D eigenvalue weighted by Gasteiger charge is 2.24. The summed E-state index contributed by atoms with van der Waals surface area (Å²) < 4.78 is 13.4. The lowest BCUT2D eigenvalue weighted by Gasteiger charge is -2.26. The molecule has 1 heterocycles. The summed E-state index contributed by atoms with van der Waals surface area (Å²) in [5.41, 5.74) is 1.20. The summed E-state index contributed by atoms with van der Waals surface area (Å²) in [6.07, 6.45) is 2.23. The SMILES string of the molecule is CNCC1CCCN1c1cc(F)cc(C#N)c1. The zero-order chi connectivity index (χ0) is 12.3. The second kappa shape index (κ2) is 5.15. The molecule has 1 atom stereocenters. The number of anilines is 1. The number of hydrogen-bond donors (Lipinski definition) is 1. The Hall–Kier alpha value is -1.60. The first kappa shape index (κ1) is 11.9. The molecular formula is C13H16FN3. The van der Waals surface area contributed by atoms with Gasteiger partial charge in [0.05, 0.1) is 11.6 Å². The number of nitrogens with zero attached hydrogens (tertiary/aromatic N) is 2. The molecule has 3 nitrogen and oxygen atoms in total. The van der Waals surface area contributed by atoms with Gasteiger partial charge in [0, 0.05) is 24.8 Å². The van der Waals surface area contributed by atoms with E-state index < -0.39 is 0 Å². The van der Waals surface area contributed by atoms with Crippen LogP contribution in [0.2, 0.25) is 0 Å². The predicted octanol–water partition coefficient (Wildman–Crippen LogP) is 1.89. The number of halogens is 1. The van der Waals surface area contributed by atoms with Crippen molar-refractivity contribution in [1.29, 1.82) is 5.26 Å². The van der Waals surface area contributed by atoms with Crippen molar-refractivity contribution in [3.63, 3.8) is 0 Å². The summed E-state index contributed by atoms with van der Waals surface area (Å²) in [4.78, 5) is 2.18. The van der Waals surface area contributed by atoms with Crippen LogP contribution >= 0.6 is 0 Å². The summed E-state index contributed by atoms with van der Waals surface area (Å²) in [6, 6.07) is 6.93. The minimum atomic E-state index is -0.339. The van der Waals surface area contributed by atoms with Crippen molar-refractivity contribution in [2.45, 2.75) is 18.9 Å². The van der Waals surface area contributed by atoms with Crippen LogP contribution in [0.1, 0.15) is 18.4 Å². The Kier molecular flexibility index (Phi) is 3.60. The van der Waals surface area contributed by atoms with Crippen LogP contribution in [0, 0.1) is 17.1 Å². The van der Waals surface area contributed by atoms with E-state index in [1.54, 1.807) is 6.07 Å². The summed E-state index contributed by atoms with van der Waals surface area (Å²) in [7, 11) is 1.92. The third-order valence-corrected chi connectivity index (χ3v) is 3.16. The van der Waals surface area contributed by atoms with Crippen molar-refractivity contribution < 1.29 is 4.39 Å². The molecule has 4 heteroatoms. The van der Waals surface area contributed by atoms with E-state index in [-0.39, 0.29) is 5.82 Å². The van der Waals surface area contributed by atoms with E-state index in [1.165, 1.54) is 12.1 Å². The van der Waals surface area contributed by atoms with Gasteiger partial charge in [-0.2, -0.15) is 5.26 Å². The zero-order valence-corrected chi connectivity index (χ0v) is 9.91. The van der Waals surface area contributed by atoms with Gasteiger partial charge in [-0.25, -0.2) is 4.39 Å². The van der Waals surface area contributed by atoms with Crippen LogP contribution in [0.3, 0.4) is 0 Å². The van der Waals surface area contributed by atoms with Crippen molar-refractivity contribution in [2.24, 2.45) is 0 Å². The Labute approximate surface area is 101 Å². The van der Waals surface area contributed by atoms with Gasteiger partial charge in [-0.3, -0.25) is 0 Å². The number of nitrogens with one attached hydrogen (secondary N) is 1. The minimum absolute atomic E-state index is 0.339. The topological polar surface area (TPSA) is 39.1 Å². The molecular weight excluding hydrogens is 217 g/mol. The van der Waals surface area contributed by atoms with E-state index in [2.05, 4.69) is 10.2 Å². The smallest absolute Gasteiger partial charge is 0.126 e. The molecule has 0 amide bonds. The molecule has 17 heavy (non-hydrogen) atoms. The fourth-order valence-electron chi connectivity index (χ4n) is 2.43. The maximum absolute atomic E-state index is 13.4. The molecule has 1 unspecified atom stereocenters. The molecule has 0 aliphatic carbocycles. The molecule has 1 N–H and O–H groups in total. The molecule has 90 valence electrons. The van der Waals surface area contributed by atoms with Crippen molar-refractivity contribution in [2.75, 3.05) is 25.0 Å². The number of benzene rings is 1. The van der Waals surface area contributed by atoms with Gasteiger partial charge in [0.2, 0.25) is 0 Å². The van der Waals surface area contributed by atoms with Gasteiger partial charge in [-0.05, 0) is 38.1 Å². The fourth-order valence-corrected chi connectivity index (χ4v) is 2.43. The Morgan fingerprint density at radius 3 is 3.06 bits per heavy atom. The standard InChI is InChI=1S/C13H16FN3/c1-16-9-12-3-2-4-17(12)13-6-10(8-15)5-11(14)7-13/h5-7,12,16H,2-4,9H2,1H3. The number of likely N-dealkylation sites (N-methyl/N-ethyl adjacent to an activating group) is 1. The first-order valence-electron chi connectivity index (χ1n) is 5.86. The normalized spacial score (nSPS) is 19.4. The third-order valence-electron chi connectivity index (χ3n) is 3.16. The summed E-state index contributed by atoms with van der Waals surface area (Å²) in [5.74, 6) is -0.339. The molecule has 0 aromatic heterocycles. The summed E-state index contributed by atoms with van der Waals surface area (Å²) in [5, 5.41) is 12.0. The van der Waals surface area contributed by atoms with E-state index >= 15 is 0 Å². The molecule has 1 aliphatic rings. The Bertz CT molecular complexity index is 439. The molecule has 0 saturated carbocycles. The highest BCUT2D eigenvalue weighted by Crippen LogP contribution is 2.26. The van der Waals surface area contributed by atoms with Gasteiger partial charge in [0.15, 0.2) is 0 Å². The Balaban J connectivity index is 2.27. The lowest BCUT2D eigenvalue weighted by Crippen LogP contribution is -2.36. The van der Waals surface area contributed by atoms with Crippen molar-refractivity contribution in [3.05, 3.63) is 29.6 Å². The molecule has 0 spiro atoms. The first-order chi connectivity index (χ1) is 8.24. The molecule has 1 saturated heterocycles. The van der Waals surface area contributed by atoms with Crippen LogP contribution in [0.15, 0.2) is 18.2 Å². The number of hydrogen-bond acceptors (Lipinski definition) is 3. The van der Waals surface area contributed by atoms with Crippen molar-refractivity contribution in [3.8, 4) is 6.07 Å². The molecule has 1 aliphatic heterocycles. The lowest BCUT2D eigenvalue weighted by atomic mass is 10.1. The summed E-state index contributed by atoms with van der Waals surface area (Å²) in [6.45, 7) is 1.82. The van der Waals surface area contributed by atoms with E-state index in [1.807, 2.05) is 13.1 Å². The monoisotopic (exact) mass is 233 g/mol. The molecule has 1 aromatic carbocycles. The third kappa shape index (κ3) is 2.56. The molecule has 0 radical (unpaired) electrons. The maximum atomic E-state index is 13.4. The Morgan fingerprint density at radius 2 is 2.35 bits per heavy atom. The van der Waals surface area contributed by atoms with Gasteiger partial charge in [-0.1, -0.05) is 0 Å². The van der Waals surface area contributed by atoms with Crippen LogP contribution in [0.4, 0.5) is 10.1 Å². The average molecular weight is 233 g/mol. The average Bonchev–Trinajstić information content (AvgIpc) is 2.77. The highest BCUT2D eigenvalue weighted by molar-refractivity contribution is 5.53. The van der Waals surface area contributed by atoms with Gasteiger partial charge in [0.1, 0.15) is 5.82 Å². The van der Waals surface area contributed by atoms with Crippen LogP contribution in [0.25, 0.3) is 0 Å². The van der Waals surface area contributed by atoms with E-state index in [0.29, 0.717) is 11.6 Å². The lowest BCUT2D eigenvalue weighted by molar-refractivity contribution is 0.607. The zero-order valence-electron chi connectivity index (χ0n) is 9.91. The number of nitriles is 1. The molecule has 1 fully saturated rings. The van der Waals surface area contributed by atoms with Gasteiger partial charge < -0.3 is 10.2 Å². The first-order valence-corrected chi connectivity index (χ1v) is 5.86. The fraction of sp³-hybridized carbons (Fsp3) is 0.462.